The highest BCUT2D eigenvalue weighted by atomic mass is 16.2. The largest absolute Gasteiger partial charge is 0.326 e. The number of hydrogen-bond acceptors (Lipinski definition) is 4. The zero-order chi connectivity index (χ0) is 16.9. The van der Waals surface area contributed by atoms with Crippen LogP contribution in [0.1, 0.15) is 26.2 Å². The Morgan fingerprint density at radius 2 is 2.08 bits per heavy atom. The Bertz CT molecular complexity index is 587. The first-order chi connectivity index (χ1) is 11.6. The number of anilines is 2. The molecule has 2 heterocycles. The number of rotatable bonds is 5. The molecular formula is C18H26N4O2. The zero-order valence-electron chi connectivity index (χ0n) is 14.3. The third-order valence-electron chi connectivity index (χ3n) is 4.80. The fraction of sp³-hybridized carbons (Fsp3) is 0.556. The van der Waals surface area contributed by atoms with Crippen LogP contribution in [0.4, 0.5) is 11.4 Å². The van der Waals surface area contributed by atoms with Gasteiger partial charge in [-0.3, -0.25) is 14.5 Å². The number of benzene rings is 1. The molecule has 0 bridgehead atoms. The molecule has 6 nitrogen and oxygen atoms in total. The van der Waals surface area contributed by atoms with Gasteiger partial charge in [-0.2, -0.15) is 0 Å². The average molecular weight is 330 g/mol. The van der Waals surface area contributed by atoms with E-state index < -0.39 is 0 Å². The molecule has 2 fully saturated rings. The molecule has 0 aliphatic carbocycles. The molecule has 0 radical (unpaired) electrons. The maximum Gasteiger partial charge on any atom is 0.227 e. The summed E-state index contributed by atoms with van der Waals surface area (Å²) in [4.78, 5) is 28.0. The lowest BCUT2D eigenvalue weighted by Gasteiger charge is -2.33. The Kier molecular flexibility index (Phi) is 5.48. The van der Waals surface area contributed by atoms with Crippen LogP contribution in [0.25, 0.3) is 0 Å². The van der Waals surface area contributed by atoms with Crippen molar-refractivity contribution >= 4 is 23.2 Å². The van der Waals surface area contributed by atoms with Crippen molar-refractivity contribution in [3.63, 3.8) is 0 Å². The Balaban J connectivity index is 1.48. The molecule has 1 atom stereocenters. The van der Waals surface area contributed by atoms with Crippen LogP contribution in [-0.2, 0) is 9.59 Å². The monoisotopic (exact) mass is 330 g/mol. The molecule has 2 aliphatic heterocycles. The van der Waals surface area contributed by atoms with E-state index in [1.165, 1.54) is 0 Å². The van der Waals surface area contributed by atoms with Crippen molar-refractivity contribution in [1.29, 1.82) is 0 Å². The topological polar surface area (TPSA) is 64.7 Å². The SMILES string of the molecule is C[C@H]1CNCCN1CCC(=O)Nc1ccc(N2CCCC2=O)cc1. The van der Waals surface area contributed by atoms with E-state index in [1.54, 1.807) is 4.90 Å². The van der Waals surface area contributed by atoms with Gasteiger partial charge in [0.2, 0.25) is 11.8 Å². The first-order valence-corrected chi connectivity index (χ1v) is 8.78. The van der Waals surface area contributed by atoms with Crippen molar-refractivity contribution < 1.29 is 9.59 Å². The number of amides is 2. The summed E-state index contributed by atoms with van der Waals surface area (Å²) < 4.78 is 0. The second-order valence-electron chi connectivity index (χ2n) is 6.58. The van der Waals surface area contributed by atoms with Gasteiger partial charge in [0, 0.05) is 63.0 Å². The lowest BCUT2D eigenvalue weighted by atomic mass is 10.2. The molecule has 0 unspecified atom stereocenters. The minimum absolute atomic E-state index is 0.0331. The molecule has 1 aromatic rings. The number of hydrogen-bond donors (Lipinski definition) is 2. The summed E-state index contributed by atoms with van der Waals surface area (Å²) in [6.07, 6.45) is 2.04. The summed E-state index contributed by atoms with van der Waals surface area (Å²) in [5.74, 6) is 0.211. The van der Waals surface area contributed by atoms with E-state index in [4.69, 9.17) is 0 Å². The van der Waals surface area contributed by atoms with E-state index in [1.807, 2.05) is 24.3 Å². The normalized spacial score (nSPS) is 22.0. The van der Waals surface area contributed by atoms with Gasteiger partial charge in [0.05, 0.1) is 0 Å². The number of carbonyl (C=O) groups is 2. The minimum atomic E-state index is 0.0331. The van der Waals surface area contributed by atoms with Gasteiger partial charge in [0.15, 0.2) is 0 Å². The van der Waals surface area contributed by atoms with Gasteiger partial charge in [0.25, 0.3) is 0 Å². The van der Waals surface area contributed by atoms with Gasteiger partial charge in [-0.25, -0.2) is 0 Å². The molecule has 1 aromatic carbocycles. The number of nitrogens with zero attached hydrogens (tertiary/aromatic N) is 2. The van der Waals surface area contributed by atoms with Gasteiger partial charge in [-0.1, -0.05) is 0 Å². The quantitative estimate of drug-likeness (QED) is 0.857. The van der Waals surface area contributed by atoms with Crippen LogP contribution < -0.4 is 15.5 Å². The Morgan fingerprint density at radius 3 is 2.75 bits per heavy atom. The number of carbonyl (C=O) groups excluding carboxylic acids is 2. The van der Waals surface area contributed by atoms with E-state index in [2.05, 4.69) is 22.5 Å². The second kappa shape index (κ2) is 7.77. The van der Waals surface area contributed by atoms with Crippen molar-refractivity contribution in [3.8, 4) is 0 Å². The summed E-state index contributed by atoms with van der Waals surface area (Å²) >= 11 is 0. The van der Waals surface area contributed by atoms with E-state index in [-0.39, 0.29) is 11.8 Å². The smallest absolute Gasteiger partial charge is 0.227 e. The maximum atomic E-state index is 12.1. The third-order valence-corrected chi connectivity index (χ3v) is 4.80. The predicted octanol–water partition coefficient (Wildman–Crippen LogP) is 1.44. The molecule has 0 saturated carbocycles. The highest BCUT2D eigenvalue weighted by Crippen LogP contribution is 2.23. The Morgan fingerprint density at radius 1 is 1.29 bits per heavy atom. The highest BCUT2D eigenvalue weighted by Gasteiger charge is 2.21. The predicted molar refractivity (Wildman–Crippen MR) is 95.2 cm³/mol. The zero-order valence-corrected chi connectivity index (χ0v) is 14.3. The van der Waals surface area contributed by atoms with Gasteiger partial charge in [-0.05, 0) is 37.6 Å². The van der Waals surface area contributed by atoms with Crippen molar-refractivity contribution in [2.45, 2.75) is 32.2 Å². The third kappa shape index (κ3) is 4.13. The molecule has 0 aromatic heterocycles. The number of piperazine rings is 1. The Labute approximate surface area is 143 Å². The van der Waals surface area contributed by atoms with Crippen molar-refractivity contribution in [2.24, 2.45) is 0 Å². The van der Waals surface area contributed by atoms with E-state index in [9.17, 15) is 9.59 Å². The summed E-state index contributed by atoms with van der Waals surface area (Å²) in [6, 6.07) is 8.01. The lowest BCUT2D eigenvalue weighted by molar-refractivity contribution is -0.117. The van der Waals surface area contributed by atoms with Crippen molar-refractivity contribution in [3.05, 3.63) is 24.3 Å². The van der Waals surface area contributed by atoms with Gasteiger partial charge in [0.1, 0.15) is 0 Å². The van der Waals surface area contributed by atoms with E-state index in [0.717, 1.165) is 50.5 Å². The standard InChI is InChI=1S/C18H26N4O2/c1-14-13-19-9-12-21(14)11-8-17(23)20-15-4-6-16(7-5-15)22-10-2-3-18(22)24/h4-7,14,19H,2-3,8-13H2,1H3,(H,20,23)/t14-/m0/s1. The molecule has 24 heavy (non-hydrogen) atoms. The second-order valence-corrected chi connectivity index (χ2v) is 6.58. The molecule has 2 saturated heterocycles. The molecule has 2 N–H and O–H groups in total. The molecule has 0 spiro atoms. The molecule has 130 valence electrons. The maximum absolute atomic E-state index is 12.1. The van der Waals surface area contributed by atoms with Crippen molar-refractivity contribution in [2.75, 3.05) is 42.9 Å². The molecular weight excluding hydrogens is 304 g/mol. The summed E-state index contributed by atoms with van der Waals surface area (Å²) in [7, 11) is 0. The van der Waals surface area contributed by atoms with E-state index in [0.29, 0.717) is 18.9 Å². The van der Waals surface area contributed by atoms with Crippen LogP contribution in [0.5, 0.6) is 0 Å². The van der Waals surface area contributed by atoms with Crippen molar-refractivity contribution in [1.82, 2.24) is 10.2 Å². The highest BCUT2D eigenvalue weighted by molar-refractivity contribution is 5.96. The minimum Gasteiger partial charge on any atom is -0.326 e. The molecule has 2 amide bonds. The van der Waals surface area contributed by atoms with Crippen LogP contribution in [0.2, 0.25) is 0 Å². The fourth-order valence-electron chi connectivity index (χ4n) is 3.33. The first kappa shape index (κ1) is 16.9. The fourth-order valence-corrected chi connectivity index (χ4v) is 3.33. The molecule has 6 heteroatoms. The first-order valence-electron chi connectivity index (χ1n) is 8.78. The van der Waals surface area contributed by atoms with Crippen LogP contribution >= 0.6 is 0 Å². The van der Waals surface area contributed by atoms with Crippen LogP contribution in [-0.4, -0.2) is 55.5 Å². The lowest BCUT2D eigenvalue weighted by Crippen LogP contribution is -2.50. The summed E-state index contributed by atoms with van der Waals surface area (Å²) in [5, 5.41) is 6.29. The average Bonchev–Trinajstić information content (AvgIpc) is 3.01. The summed E-state index contributed by atoms with van der Waals surface area (Å²) in [6.45, 7) is 6.72. The van der Waals surface area contributed by atoms with Gasteiger partial charge in [-0.15, -0.1) is 0 Å². The van der Waals surface area contributed by atoms with Crippen LogP contribution in [0.3, 0.4) is 0 Å². The number of nitrogens with one attached hydrogen (secondary N) is 2. The summed E-state index contributed by atoms with van der Waals surface area (Å²) in [5.41, 5.74) is 1.69. The van der Waals surface area contributed by atoms with E-state index >= 15 is 0 Å². The Hall–Kier alpha value is -1.92. The van der Waals surface area contributed by atoms with Crippen LogP contribution in [0, 0.1) is 0 Å². The van der Waals surface area contributed by atoms with Gasteiger partial charge < -0.3 is 15.5 Å². The molecule has 2 aliphatic rings. The van der Waals surface area contributed by atoms with Crippen LogP contribution in [0.15, 0.2) is 24.3 Å². The molecule has 3 rings (SSSR count). The van der Waals surface area contributed by atoms with Gasteiger partial charge >= 0.3 is 0 Å².